The van der Waals surface area contributed by atoms with Crippen LogP contribution >= 0.6 is 0 Å². The molecule has 2 unspecified atom stereocenters. The van der Waals surface area contributed by atoms with E-state index in [4.69, 9.17) is 10.5 Å². The number of benzene rings is 1. The molecule has 0 saturated carbocycles. The molecule has 0 saturated heterocycles. The van der Waals surface area contributed by atoms with Gasteiger partial charge in [0.15, 0.2) is 0 Å². The van der Waals surface area contributed by atoms with Crippen LogP contribution in [-0.4, -0.2) is 52.4 Å². The molecule has 0 aromatic heterocycles. The third-order valence-corrected chi connectivity index (χ3v) is 6.33. The van der Waals surface area contributed by atoms with Crippen molar-refractivity contribution in [3.8, 4) is 0 Å². The summed E-state index contributed by atoms with van der Waals surface area (Å²) >= 11 is 0. The predicted octanol–water partition coefficient (Wildman–Crippen LogP) is 4.05. The number of carbonyl (C=O) groups is 4. The number of nitrogens with two attached hydrogens (primary N) is 1. The first-order chi connectivity index (χ1) is 17.0. The van der Waals surface area contributed by atoms with Crippen LogP contribution in [0.5, 0.6) is 0 Å². The van der Waals surface area contributed by atoms with Crippen molar-refractivity contribution >= 4 is 23.8 Å². The van der Waals surface area contributed by atoms with Crippen molar-refractivity contribution < 1.29 is 23.9 Å². The number of nitrogens with one attached hydrogen (secondary N) is 2. The summed E-state index contributed by atoms with van der Waals surface area (Å²) in [7, 11) is 0. The van der Waals surface area contributed by atoms with Gasteiger partial charge in [0.25, 0.3) is 0 Å². The Morgan fingerprint density at radius 3 is 2.14 bits per heavy atom. The van der Waals surface area contributed by atoms with Crippen LogP contribution < -0.4 is 16.4 Å². The maximum Gasteiger partial charge on any atom is 0.408 e. The Hall–Kier alpha value is -3.10. The van der Waals surface area contributed by atoms with E-state index in [1.165, 1.54) is 4.90 Å². The zero-order valence-electron chi connectivity index (χ0n) is 24.0. The second-order valence-corrected chi connectivity index (χ2v) is 11.1. The van der Waals surface area contributed by atoms with Gasteiger partial charge < -0.3 is 26.0 Å². The summed E-state index contributed by atoms with van der Waals surface area (Å²) in [4.78, 5) is 53.8. The Morgan fingerprint density at radius 1 is 1.03 bits per heavy atom. The van der Waals surface area contributed by atoms with Crippen LogP contribution in [0.15, 0.2) is 18.2 Å². The van der Waals surface area contributed by atoms with Gasteiger partial charge in [-0.25, -0.2) is 4.79 Å². The molecule has 9 nitrogen and oxygen atoms in total. The van der Waals surface area contributed by atoms with E-state index in [-0.39, 0.29) is 5.91 Å². The molecule has 208 valence electrons. The van der Waals surface area contributed by atoms with Crippen molar-refractivity contribution in [2.75, 3.05) is 6.54 Å². The molecule has 0 spiro atoms. The Labute approximate surface area is 221 Å². The molecule has 0 aliphatic heterocycles. The molecule has 4 N–H and O–H groups in total. The summed E-state index contributed by atoms with van der Waals surface area (Å²) in [6.45, 7) is 17.1. The maximum atomic E-state index is 14.2. The van der Waals surface area contributed by atoms with Gasteiger partial charge in [-0.15, -0.1) is 0 Å². The van der Waals surface area contributed by atoms with Crippen LogP contribution in [-0.2, 0) is 19.1 Å². The van der Waals surface area contributed by atoms with Gasteiger partial charge in [0.05, 0.1) is 6.42 Å². The van der Waals surface area contributed by atoms with E-state index >= 15 is 0 Å². The van der Waals surface area contributed by atoms with Gasteiger partial charge in [-0.3, -0.25) is 14.4 Å². The Morgan fingerprint density at radius 2 is 1.65 bits per heavy atom. The lowest BCUT2D eigenvalue weighted by Crippen LogP contribution is -2.60. The van der Waals surface area contributed by atoms with Crippen molar-refractivity contribution in [2.24, 2.45) is 5.73 Å². The van der Waals surface area contributed by atoms with Gasteiger partial charge in [0, 0.05) is 12.1 Å². The quantitative estimate of drug-likeness (QED) is 0.359. The van der Waals surface area contributed by atoms with E-state index in [9.17, 15) is 19.2 Å². The monoisotopic (exact) mass is 518 g/mol. The lowest BCUT2D eigenvalue weighted by molar-refractivity contribution is -0.150. The van der Waals surface area contributed by atoms with E-state index in [1.807, 2.05) is 59.7 Å². The van der Waals surface area contributed by atoms with Crippen LogP contribution in [0.3, 0.4) is 0 Å². The van der Waals surface area contributed by atoms with E-state index in [2.05, 4.69) is 10.6 Å². The lowest BCUT2D eigenvalue weighted by atomic mass is 9.90. The number of rotatable bonds is 12. The van der Waals surface area contributed by atoms with Crippen LogP contribution in [0.1, 0.15) is 96.9 Å². The summed E-state index contributed by atoms with van der Waals surface area (Å²) in [5.74, 6) is -1.69. The zero-order valence-corrected chi connectivity index (χ0v) is 24.0. The molecule has 37 heavy (non-hydrogen) atoms. The fourth-order valence-corrected chi connectivity index (χ4v) is 3.80. The largest absolute Gasteiger partial charge is 0.444 e. The van der Waals surface area contributed by atoms with Gasteiger partial charge in [-0.2, -0.15) is 0 Å². The van der Waals surface area contributed by atoms with Crippen LogP contribution in [0.4, 0.5) is 4.79 Å². The molecule has 1 aromatic carbocycles. The highest BCUT2D eigenvalue weighted by atomic mass is 16.6. The number of carbonyl (C=O) groups excluding carboxylic acids is 4. The lowest BCUT2D eigenvalue weighted by Gasteiger charge is -2.44. The van der Waals surface area contributed by atoms with E-state index in [1.54, 1.807) is 20.8 Å². The average molecular weight is 519 g/mol. The fourth-order valence-electron chi connectivity index (χ4n) is 3.80. The molecule has 9 heteroatoms. The molecule has 0 radical (unpaired) electrons. The predicted molar refractivity (Wildman–Crippen MR) is 145 cm³/mol. The fraction of sp³-hybridized carbons (Fsp3) is 0.643. The number of hydrogen-bond acceptors (Lipinski definition) is 5. The van der Waals surface area contributed by atoms with Gasteiger partial charge in [-0.1, -0.05) is 38.5 Å². The maximum absolute atomic E-state index is 14.2. The number of unbranched alkanes of at least 4 members (excludes halogenated alkanes) is 1. The zero-order chi connectivity index (χ0) is 28.6. The SMILES string of the molecule is CCCCNC(=O)C(c1ccc(C)c(C)c1)N(C(=O)C(CC(N)=O)NC(=O)OC(C)(C)C)C(C)(C)CC. The molecule has 0 heterocycles. The summed E-state index contributed by atoms with van der Waals surface area (Å²) in [6, 6.07) is 3.35. The van der Waals surface area contributed by atoms with Crippen molar-refractivity contribution in [1.29, 1.82) is 0 Å². The number of primary amides is 1. The highest BCUT2D eigenvalue weighted by molar-refractivity contribution is 5.95. The minimum Gasteiger partial charge on any atom is -0.444 e. The molecule has 4 amide bonds. The smallest absolute Gasteiger partial charge is 0.408 e. The van der Waals surface area contributed by atoms with Crippen LogP contribution in [0.2, 0.25) is 0 Å². The first-order valence-corrected chi connectivity index (χ1v) is 13.0. The molecule has 0 bridgehead atoms. The number of nitrogens with zero attached hydrogens (tertiary/aromatic N) is 1. The Kier molecular flexibility index (Phi) is 11.6. The third kappa shape index (κ3) is 9.70. The Bertz CT molecular complexity index is 968. The summed E-state index contributed by atoms with van der Waals surface area (Å²) in [6.07, 6.45) is 0.916. The molecule has 0 aliphatic rings. The van der Waals surface area contributed by atoms with Crippen LogP contribution in [0.25, 0.3) is 0 Å². The highest BCUT2D eigenvalue weighted by Gasteiger charge is 2.43. The Balaban J connectivity index is 3.66. The van der Waals surface area contributed by atoms with E-state index in [0.717, 1.165) is 24.0 Å². The number of aryl methyl sites for hydroxylation is 2. The van der Waals surface area contributed by atoms with Gasteiger partial charge in [0.1, 0.15) is 17.7 Å². The molecular weight excluding hydrogens is 472 g/mol. The van der Waals surface area contributed by atoms with Crippen molar-refractivity contribution in [3.05, 3.63) is 34.9 Å². The summed E-state index contributed by atoms with van der Waals surface area (Å²) in [5.41, 5.74) is 6.51. The third-order valence-electron chi connectivity index (χ3n) is 6.33. The first kappa shape index (κ1) is 31.9. The molecular formula is C28H46N4O5. The number of ether oxygens (including phenoxy) is 1. The molecule has 1 aromatic rings. The topological polar surface area (TPSA) is 131 Å². The molecule has 2 atom stereocenters. The van der Waals surface area contributed by atoms with E-state index in [0.29, 0.717) is 18.5 Å². The van der Waals surface area contributed by atoms with Crippen molar-refractivity contribution in [2.45, 2.75) is 111 Å². The number of alkyl carbamates (subject to hydrolysis) is 1. The molecule has 1 rings (SSSR count). The van der Waals surface area contributed by atoms with E-state index < -0.39 is 47.6 Å². The molecule has 0 aliphatic carbocycles. The first-order valence-electron chi connectivity index (χ1n) is 13.0. The van der Waals surface area contributed by atoms with Gasteiger partial charge in [0.2, 0.25) is 17.7 Å². The van der Waals surface area contributed by atoms with Gasteiger partial charge in [-0.05, 0) is 78.0 Å². The average Bonchev–Trinajstić information content (AvgIpc) is 2.76. The normalized spacial score (nSPS) is 13.3. The summed E-state index contributed by atoms with van der Waals surface area (Å²) in [5, 5.41) is 5.48. The van der Waals surface area contributed by atoms with Crippen molar-refractivity contribution in [3.63, 3.8) is 0 Å². The standard InChI is InChI=1S/C28H46N4O5/c1-10-12-15-30-24(34)23(20-14-13-18(3)19(4)16-20)32(28(8,9)11-2)25(35)21(17-22(29)33)31-26(36)37-27(5,6)7/h13-14,16,21,23H,10-12,15,17H2,1-9H3,(H2,29,33)(H,30,34)(H,31,36). The van der Waals surface area contributed by atoms with Crippen molar-refractivity contribution in [1.82, 2.24) is 15.5 Å². The van der Waals surface area contributed by atoms with Gasteiger partial charge >= 0.3 is 6.09 Å². The van der Waals surface area contributed by atoms with Crippen LogP contribution in [0, 0.1) is 13.8 Å². The minimum atomic E-state index is -1.31. The minimum absolute atomic E-state index is 0.332. The molecule has 0 fully saturated rings. The number of amides is 4. The summed E-state index contributed by atoms with van der Waals surface area (Å²) < 4.78 is 5.33. The number of hydrogen-bond donors (Lipinski definition) is 3. The highest BCUT2D eigenvalue weighted by Crippen LogP contribution is 2.33. The second-order valence-electron chi connectivity index (χ2n) is 11.1. The second kappa shape index (κ2) is 13.4.